The highest BCUT2D eigenvalue weighted by atomic mass is 32.2. The Balaban J connectivity index is 1.79. The molecule has 0 saturated carbocycles. The number of rotatable bonds is 5. The van der Waals surface area contributed by atoms with Crippen molar-refractivity contribution >= 4 is 26.6 Å². The smallest absolute Gasteiger partial charge is 0.232 e. The van der Waals surface area contributed by atoms with E-state index in [4.69, 9.17) is 4.74 Å². The van der Waals surface area contributed by atoms with Gasteiger partial charge in [-0.05, 0) is 18.2 Å². The highest BCUT2D eigenvalue weighted by molar-refractivity contribution is 7.92. The van der Waals surface area contributed by atoms with Gasteiger partial charge in [0.15, 0.2) is 0 Å². The van der Waals surface area contributed by atoms with E-state index >= 15 is 0 Å². The summed E-state index contributed by atoms with van der Waals surface area (Å²) < 4.78 is 31.0. The van der Waals surface area contributed by atoms with E-state index in [-0.39, 0.29) is 0 Å². The Morgan fingerprint density at radius 1 is 1.36 bits per heavy atom. The zero-order valence-corrected chi connectivity index (χ0v) is 13.3. The fourth-order valence-electron chi connectivity index (χ4n) is 2.62. The lowest BCUT2D eigenvalue weighted by Crippen LogP contribution is -2.43. The van der Waals surface area contributed by atoms with Gasteiger partial charge in [-0.1, -0.05) is 0 Å². The maximum atomic E-state index is 12.1. The Labute approximate surface area is 129 Å². The normalized spacial score (nSPS) is 17.0. The highest BCUT2D eigenvalue weighted by Crippen LogP contribution is 2.22. The van der Waals surface area contributed by atoms with E-state index in [0.717, 1.165) is 24.0 Å². The van der Waals surface area contributed by atoms with Crippen LogP contribution < -0.4 is 4.31 Å². The molecule has 1 N–H and O–H groups in total. The van der Waals surface area contributed by atoms with Crippen LogP contribution in [0.2, 0.25) is 0 Å². The molecule has 7 nitrogen and oxygen atoms in total. The third kappa shape index (κ3) is 3.40. The molecule has 120 valence electrons. The minimum absolute atomic E-state index is 0.429. The highest BCUT2D eigenvalue weighted by Gasteiger charge is 2.20. The first kappa shape index (κ1) is 15.3. The average molecular weight is 324 g/mol. The average Bonchev–Trinajstić information content (AvgIpc) is 2.95. The number of sulfonamides is 1. The van der Waals surface area contributed by atoms with Crippen molar-refractivity contribution in [3.05, 3.63) is 24.4 Å². The van der Waals surface area contributed by atoms with Crippen molar-refractivity contribution < 1.29 is 13.2 Å². The van der Waals surface area contributed by atoms with Crippen LogP contribution in [0.3, 0.4) is 0 Å². The third-order valence-corrected chi connectivity index (χ3v) is 5.03. The molecule has 0 unspecified atom stereocenters. The second-order valence-corrected chi connectivity index (χ2v) is 7.34. The summed E-state index contributed by atoms with van der Waals surface area (Å²) in [7, 11) is -3.33. The van der Waals surface area contributed by atoms with Gasteiger partial charge in [-0.15, -0.1) is 0 Å². The number of H-pyrrole nitrogens is 1. The molecule has 1 aromatic heterocycles. The van der Waals surface area contributed by atoms with E-state index in [1.54, 1.807) is 6.20 Å². The number of ether oxygens (including phenoxy) is 1. The first-order valence-electron chi connectivity index (χ1n) is 7.25. The number of hydrogen-bond donors (Lipinski definition) is 1. The summed E-state index contributed by atoms with van der Waals surface area (Å²) in [5.74, 6) is 0. The second-order valence-electron chi connectivity index (χ2n) is 5.43. The lowest BCUT2D eigenvalue weighted by Gasteiger charge is -2.30. The van der Waals surface area contributed by atoms with Gasteiger partial charge in [-0.3, -0.25) is 14.3 Å². The fourth-order valence-corrected chi connectivity index (χ4v) is 3.53. The van der Waals surface area contributed by atoms with Gasteiger partial charge in [-0.25, -0.2) is 8.42 Å². The largest absolute Gasteiger partial charge is 0.379 e. The third-order valence-electron chi connectivity index (χ3n) is 3.84. The predicted molar refractivity (Wildman–Crippen MR) is 85.5 cm³/mol. The van der Waals surface area contributed by atoms with Gasteiger partial charge in [0.2, 0.25) is 10.0 Å². The fraction of sp³-hybridized carbons (Fsp3) is 0.500. The zero-order valence-electron chi connectivity index (χ0n) is 12.5. The van der Waals surface area contributed by atoms with Crippen molar-refractivity contribution in [3.63, 3.8) is 0 Å². The van der Waals surface area contributed by atoms with Gasteiger partial charge in [-0.2, -0.15) is 5.10 Å². The number of aromatic nitrogens is 2. The first-order valence-corrected chi connectivity index (χ1v) is 9.10. The van der Waals surface area contributed by atoms with Crippen LogP contribution in [0.15, 0.2) is 24.4 Å². The molecule has 0 aliphatic carbocycles. The van der Waals surface area contributed by atoms with E-state index in [9.17, 15) is 8.42 Å². The molecule has 0 atom stereocenters. The maximum absolute atomic E-state index is 12.1. The van der Waals surface area contributed by atoms with Gasteiger partial charge in [0.05, 0.1) is 36.9 Å². The summed E-state index contributed by atoms with van der Waals surface area (Å²) in [5.41, 5.74) is 1.49. The lowest BCUT2D eigenvalue weighted by molar-refractivity contribution is 0.0395. The van der Waals surface area contributed by atoms with Crippen LogP contribution in [-0.4, -0.2) is 69.2 Å². The molecule has 0 radical (unpaired) electrons. The molecule has 0 spiro atoms. The summed E-state index contributed by atoms with van der Waals surface area (Å²) >= 11 is 0. The van der Waals surface area contributed by atoms with Crippen molar-refractivity contribution in [2.45, 2.75) is 0 Å². The zero-order chi connectivity index (χ0) is 15.6. The molecule has 2 heterocycles. The molecule has 22 heavy (non-hydrogen) atoms. The molecule has 2 aromatic rings. The maximum Gasteiger partial charge on any atom is 0.232 e. The quantitative estimate of drug-likeness (QED) is 0.874. The number of hydrogen-bond acceptors (Lipinski definition) is 5. The van der Waals surface area contributed by atoms with E-state index < -0.39 is 10.0 Å². The van der Waals surface area contributed by atoms with Gasteiger partial charge in [0, 0.05) is 31.6 Å². The molecule has 1 aliphatic heterocycles. The van der Waals surface area contributed by atoms with Crippen molar-refractivity contribution in [2.24, 2.45) is 0 Å². The number of aromatic amines is 1. The monoisotopic (exact) mass is 324 g/mol. The van der Waals surface area contributed by atoms with Crippen LogP contribution >= 0.6 is 0 Å². The van der Waals surface area contributed by atoms with Crippen LogP contribution in [0.5, 0.6) is 0 Å². The molecule has 1 aliphatic rings. The lowest BCUT2D eigenvalue weighted by atomic mass is 10.2. The SMILES string of the molecule is CS(=O)(=O)N(CCN1CCOCC1)c1ccc2cn[nH]c2c1. The van der Waals surface area contributed by atoms with Gasteiger partial charge in [0.1, 0.15) is 0 Å². The number of nitrogens with zero attached hydrogens (tertiary/aromatic N) is 3. The van der Waals surface area contributed by atoms with E-state index in [1.165, 1.54) is 10.6 Å². The van der Waals surface area contributed by atoms with Crippen molar-refractivity contribution in [3.8, 4) is 0 Å². The molecule has 0 bridgehead atoms. The summed E-state index contributed by atoms with van der Waals surface area (Å²) in [6.45, 7) is 4.22. The number of fused-ring (bicyclic) bond motifs is 1. The second kappa shape index (κ2) is 6.23. The van der Waals surface area contributed by atoms with Crippen LogP contribution in [-0.2, 0) is 14.8 Å². The molecule has 3 rings (SSSR count). The Bertz CT molecular complexity index is 737. The molecule has 8 heteroatoms. The van der Waals surface area contributed by atoms with Crippen LogP contribution in [0.4, 0.5) is 5.69 Å². The van der Waals surface area contributed by atoms with Gasteiger partial charge < -0.3 is 4.74 Å². The van der Waals surface area contributed by atoms with Crippen molar-refractivity contribution in [1.82, 2.24) is 15.1 Å². The number of nitrogens with one attached hydrogen (secondary N) is 1. The summed E-state index contributed by atoms with van der Waals surface area (Å²) in [5, 5.41) is 7.80. The van der Waals surface area contributed by atoms with Crippen LogP contribution in [0, 0.1) is 0 Å². The van der Waals surface area contributed by atoms with E-state index in [0.29, 0.717) is 32.0 Å². The molecule has 0 amide bonds. The summed E-state index contributed by atoms with van der Waals surface area (Å²) in [4.78, 5) is 2.22. The first-order chi connectivity index (χ1) is 10.5. The van der Waals surface area contributed by atoms with Crippen LogP contribution in [0.1, 0.15) is 0 Å². The van der Waals surface area contributed by atoms with E-state index in [1.807, 2.05) is 18.2 Å². The van der Waals surface area contributed by atoms with Gasteiger partial charge in [0.25, 0.3) is 0 Å². The Morgan fingerprint density at radius 2 is 2.14 bits per heavy atom. The molecular formula is C14H20N4O3S. The summed E-state index contributed by atoms with van der Waals surface area (Å²) in [6.07, 6.45) is 2.96. The minimum atomic E-state index is -3.33. The molecule has 1 saturated heterocycles. The Hall–Kier alpha value is -1.64. The molecular weight excluding hydrogens is 304 g/mol. The molecule has 1 aromatic carbocycles. The number of benzene rings is 1. The summed E-state index contributed by atoms with van der Waals surface area (Å²) in [6, 6.07) is 5.52. The van der Waals surface area contributed by atoms with Crippen molar-refractivity contribution in [1.29, 1.82) is 0 Å². The van der Waals surface area contributed by atoms with E-state index in [2.05, 4.69) is 15.1 Å². The van der Waals surface area contributed by atoms with Crippen LogP contribution in [0.25, 0.3) is 10.9 Å². The topological polar surface area (TPSA) is 78.5 Å². The Morgan fingerprint density at radius 3 is 2.86 bits per heavy atom. The Kier molecular flexibility index (Phi) is 4.32. The van der Waals surface area contributed by atoms with Crippen molar-refractivity contribution in [2.75, 3.05) is 50.0 Å². The molecule has 1 fully saturated rings. The number of anilines is 1. The van der Waals surface area contributed by atoms with Gasteiger partial charge >= 0.3 is 0 Å². The standard InChI is InChI=1S/C14H20N4O3S/c1-22(19,20)18(5-4-17-6-8-21-9-7-17)13-3-2-12-11-15-16-14(12)10-13/h2-3,10-11H,4-9H2,1H3,(H,15,16). The number of morpholine rings is 1. The minimum Gasteiger partial charge on any atom is -0.379 e. The predicted octanol–water partition coefficient (Wildman–Crippen LogP) is 0.661.